The van der Waals surface area contributed by atoms with E-state index in [2.05, 4.69) is 37.9 Å². The fraction of sp³-hybridized carbons (Fsp3) is 0.154. The third-order valence-corrected chi connectivity index (χ3v) is 3.14. The molecule has 0 N–H and O–H groups in total. The quantitative estimate of drug-likeness (QED) is 0.625. The average Bonchev–Trinajstić information content (AvgIpc) is 2.37. The molecule has 0 radical (unpaired) electrons. The van der Waals surface area contributed by atoms with Gasteiger partial charge >= 0.3 is 0 Å². The second-order valence-electron chi connectivity index (χ2n) is 3.66. The summed E-state index contributed by atoms with van der Waals surface area (Å²) >= 11 is 9.40. The highest BCUT2D eigenvalue weighted by atomic mass is 79.9. The molecular formula is C13H12BrClN2. The van der Waals surface area contributed by atoms with Crippen LogP contribution in [0.5, 0.6) is 0 Å². The SMILES string of the molecule is ClCN(Cc1ccccc1)c1cncc(Br)c1. The van der Waals surface area contributed by atoms with Crippen molar-refractivity contribution in [2.45, 2.75) is 6.54 Å². The Labute approximate surface area is 114 Å². The van der Waals surface area contributed by atoms with E-state index in [0.717, 1.165) is 16.7 Å². The molecular weight excluding hydrogens is 300 g/mol. The molecule has 0 amide bonds. The minimum Gasteiger partial charge on any atom is -0.352 e. The van der Waals surface area contributed by atoms with E-state index in [1.807, 2.05) is 30.5 Å². The van der Waals surface area contributed by atoms with Crippen molar-refractivity contribution in [2.24, 2.45) is 0 Å². The van der Waals surface area contributed by atoms with E-state index >= 15 is 0 Å². The first-order valence-electron chi connectivity index (χ1n) is 5.25. The second-order valence-corrected chi connectivity index (χ2v) is 4.82. The van der Waals surface area contributed by atoms with Gasteiger partial charge in [0.1, 0.15) is 0 Å². The first-order chi connectivity index (χ1) is 8.29. The fourth-order valence-electron chi connectivity index (χ4n) is 1.58. The van der Waals surface area contributed by atoms with Crippen LogP contribution in [0.15, 0.2) is 53.3 Å². The smallest absolute Gasteiger partial charge is 0.0932 e. The molecule has 1 aromatic heterocycles. The molecule has 2 rings (SSSR count). The minimum absolute atomic E-state index is 0.438. The summed E-state index contributed by atoms with van der Waals surface area (Å²) in [6.45, 7) is 0.780. The van der Waals surface area contributed by atoms with Gasteiger partial charge in [-0.15, -0.1) is 11.6 Å². The average molecular weight is 312 g/mol. The number of pyridine rings is 1. The molecule has 1 aromatic carbocycles. The van der Waals surface area contributed by atoms with Crippen molar-refractivity contribution < 1.29 is 0 Å². The van der Waals surface area contributed by atoms with E-state index in [-0.39, 0.29) is 0 Å². The number of anilines is 1. The van der Waals surface area contributed by atoms with Gasteiger partial charge in [-0.25, -0.2) is 0 Å². The van der Waals surface area contributed by atoms with Crippen molar-refractivity contribution >= 4 is 33.2 Å². The zero-order valence-corrected chi connectivity index (χ0v) is 11.5. The van der Waals surface area contributed by atoms with Crippen LogP contribution in [0.4, 0.5) is 5.69 Å². The van der Waals surface area contributed by atoms with Crippen LogP contribution in [-0.4, -0.2) is 11.0 Å². The largest absolute Gasteiger partial charge is 0.352 e. The summed E-state index contributed by atoms with van der Waals surface area (Å²) in [4.78, 5) is 6.21. The van der Waals surface area contributed by atoms with E-state index in [4.69, 9.17) is 11.6 Å². The Morgan fingerprint density at radius 2 is 1.94 bits per heavy atom. The molecule has 0 spiro atoms. The highest BCUT2D eigenvalue weighted by Gasteiger charge is 2.06. The lowest BCUT2D eigenvalue weighted by atomic mass is 10.2. The summed E-state index contributed by atoms with van der Waals surface area (Å²) in [6.07, 6.45) is 3.58. The Morgan fingerprint density at radius 3 is 2.59 bits per heavy atom. The summed E-state index contributed by atoms with van der Waals surface area (Å²) in [6, 6.07) is 12.7. The lowest BCUT2D eigenvalue weighted by molar-refractivity contribution is 0.893. The Kier molecular flexibility index (Phi) is 4.40. The maximum atomic E-state index is 5.99. The molecule has 0 atom stereocenters. The van der Waals surface area contributed by atoms with E-state index < -0.39 is 0 Å². The van der Waals surface area contributed by atoms with Gasteiger partial charge in [-0.05, 0) is 27.6 Å². The summed E-state index contributed by atoms with van der Waals surface area (Å²) < 4.78 is 0.957. The topological polar surface area (TPSA) is 16.1 Å². The van der Waals surface area contributed by atoms with Crippen LogP contribution >= 0.6 is 27.5 Å². The van der Waals surface area contributed by atoms with Gasteiger partial charge in [0.25, 0.3) is 0 Å². The van der Waals surface area contributed by atoms with Crippen LogP contribution in [-0.2, 0) is 6.54 Å². The molecule has 0 bridgehead atoms. The molecule has 0 aliphatic carbocycles. The lowest BCUT2D eigenvalue weighted by Crippen LogP contribution is -2.20. The fourth-order valence-corrected chi connectivity index (χ4v) is 2.16. The van der Waals surface area contributed by atoms with Crippen LogP contribution in [0.25, 0.3) is 0 Å². The van der Waals surface area contributed by atoms with Crippen molar-refractivity contribution in [1.29, 1.82) is 0 Å². The number of aromatic nitrogens is 1. The Bertz CT molecular complexity index is 476. The van der Waals surface area contributed by atoms with Crippen LogP contribution in [0.1, 0.15) is 5.56 Å². The molecule has 0 unspecified atom stereocenters. The number of hydrogen-bond acceptors (Lipinski definition) is 2. The molecule has 88 valence electrons. The summed E-state index contributed by atoms with van der Waals surface area (Å²) in [5.41, 5.74) is 2.24. The molecule has 0 saturated carbocycles. The standard InChI is InChI=1S/C13H12BrClN2/c14-12-6-13(8-16-7-12)17(10-15)9-11-4-2-1-3-5-11/h1-8H,9-10H2. The minimum atomic E-state index is 0.438. The van der Waals surface area contributed by atoms with E-state index in [9.17, 15) is 0 Å². The van der Waals surface area contributed by atoms with Crippen molar-refractivity contribution in [3.8, 4) is 0 Å². The van der Waals surface area contributed by atoms with Gasteiger partial charge in [0.05, 0.1) is 17.9 Å². The zero-order valence-electron chi connectivity index (χ0n) is 9.18. The summed E-state index contributed by atoms with van der Waals surface area (Å²) in [5.74, 6) is 0. The van der Waals surface area contributed by atoms with Gasteiger partial charge in [0.2, 0.25) is 0 Å². The number of rotatable bonds is 4. The third kappa shape index (κ3) is 3.45. The summed E-state index contributed by atoms with van der Waals surface area (Å²) in [5, 5.41) is 0. The maximum Gasteiger partial charge on any atom is 0.0932 e. The number of benzene rings is 1. The monoisotopic (exact) mass is 310 g/mol. The number of hydrogen-bond donors (Lipinski definition) is 0. The van der Waals surface area contributed by atoms with Crippen molar-refractivity contribution in [1.82, 2.24) is 4.98 Å². The van der Waals surface area contributed by atoms with Gasteiger partial charge in [-0.1, -0.05) is 30.3 Å². The van der Waals surface area contributed by atoms with Gasteiger partial charge in [0.15, 0.2) is 0 Å². The summed E-state index contributed by atoms with van der Waals surface area (Å²) in [7, 11) is 0. The predicted octanol–water partition coefficient (Wildman–Crippen LogP) is 4.05. The molecule has 2 aromatic rings. The van der Waals surface area contributed by atoms with Crippen molar-refractivity contribution in [3.05, 3.63) is 58.8 Å². The Balaban J connectivity index is 2.17. The molecule has 0 aliphatic rings. The van der Waals surface area contributed by atoms with Crippen LogP contribution in [0, 0.1) is 0 Å². The first-order valence-corrected chi connectivity index (χ1v) is 6.58. The van der Waals surface area contributed by atoms with Gasteiger partial charge in [0, 0.05) is 17.2 Å². The molecule has 0 fully saturated rings. The molecule has 4 heteroatoms. The third-order valence-electron chi connectivity index (χ3n) is 2.42. The number of nitrogens with zero attached hydrogens (tertiary/aromatic N) is 2. The van der Waals surface area contributed by atoms with Crippen molar-refractivity contribution in [2.75, 3.05) is 10.9 Å². The number of halogens is 2. The molecule has 0 aliphatic heterocycles. The number of alkyl halides is 1. The molecule has 1 heterocycles. The zero-order chi connectivity index (χ0) is 12.1. The molecule has 17 heavy (non-hydrogen) atoms. The van der Waals surface area contributed by atoms with E-state index in [1.165, 1.54) is 5.56 Å². The second kappa shape index (κ2) is 6.03. The first kappa shape index (κ1) is 12.4. The van der Waals surface area contributed by atoms with Gasteiger partial charge in [-0.2, -0.15) is 0 Å². The maximum absolute atomic E-state index is 5.99. The van der Waals surface area contributed by atoms with Crippen LogP contribution < -0.4 is 4.90 Å². The molecule has 2 nitrogen and oxygen atoms in total. The molecule has 0 saturated heterocycles. The Hall–Kier alpha value is -1.06. The Morgan fingerprint density at radius 1 is 1.18 bits per heavy atom. The van der Waals surface area contributed by atoms with Gasteiger partial charge in [-0.3, -0.25) is 4.98 Å². The highest BCUT2D eigenvalue weighted by Crippen LogP contribution is 2.20. The van der Waals surface area contributed by atoms with Crippen molar-refractivity contribution in [3.63, 3.8) is 0 Å². The van der Waals surface area contributed by atoms with Gasteiger partial charge < -0.3 is 4.90 Å². The lowest BCUT2D eigenvalue weighted by Gasteiger charge is -2.21. The van der Waals surface area contributed by atoms with E-state index in [0.29, 0.717) is 6.00 Å². The van der Waals surface area contributed by atoms with E-state index in [1.54, 1.807) is 6.20 Å². The predicted molar refractivity (Wildman–Crippen MR) is 75.3 cm³/mol. The van der Waals surface area contributed by atoms with Crippen LogP contribution in [0.3, 0.4) is 0 Å². The highest BCUT2D eigenvalue weighted by molar-refractivity contribution is 9.10. The van der Waals surface area contributed by atoms with Crippen LogP contribution in [0.2, 0.25) is 0 Å². The normalized spacial score (nSPS) is 10.2.